The van der Waals surface area contributed by atoms with Crippen molar-refractivity contribution in [2.75, 3.05) is 11.9 Å². The van der Waals surface area contributed by atoms with Crippen LogP contribution in [0.3, 0.4) is 0 Å². The Kier molecular flexibility index (Phi) is 5.95. The summed E-state index contributed by atoms with van der Waals surface area (Å²) in [5.74, 6) is 0. The third-order valence-corrected chi connectivity index (χ3v) is 2.88. The smallest absolute Gasteiger partial charge is 0.389 e. The minimum Gasteiger partial charge on any atom is -0.389 e. The molecular formula is C13H16F3N3OS. The average molecular weight is 319 g/mol. The van der Waals surface area contributed by atoms with Crippen LogP contribution in [0.2, 0.25) is 0 Å². The molecule has 0 bridgehead atoms. The number of anilines is 1. The highest BCUT2D eigenvalue weighted by atomic mass is 32.1. The largest absolute Gasteiger partial charge is 0.417 e. The number of benzene rings is 1. The molecule has 1 aromatic carbocycles. The first kappa shape index (κ1) is 17.2. The van der Waals surface area contributed by atoms with Gasteiger partial charge in [-0.1, -0.05) is 25.6 Å². The maximum atomic E-state index is 12.9. The summed E-state index contributed by atoms with van der Waals surface area (Å²) < 4.78 is 38.8. The molecule has 116 valence electrons. The van der Waals surface area contributed by atoms with Crippen molar-refractivity contribution in [2.24, 2.45) is 5.73 Å². The summed E-state index contributed by atoms with van der Waals surface area (Å²) in [6, 6.07) is 2.73. The summed E-state index contributed by atoms with van der Waals surface area (Å²) in [6.07, 6.45) is -2.90. The number of alkyl halides is 3. The summed E-state index contributed by atoms with van der Waals surface area (Å²) in [6.45, 7) is 2.42. The monoisotopic (exact) mass is 319 g/mol. The molecule has 0 aliphatic heterocycles. The number of amides is 2. The van der Waals surface area contributed by atoms with E-state index < -0.39 is 17.8 Å². The van der Waals surface area contributed by atoms with Crippen molar-refractivity contribution in [2.45, 2.75) is 25.9 Å². The molecule has 2 amide bonds. The van der Waals surface area contributed by atoms with E-state index in [4.69, 9.17) is 5.73 Å². The summed E-state index contributed by atoms with van der Waals surface area (Å²) >= 11 is 4.60. The first-order valence-corrected chi connectivity index (χ1v) is 6.72. The van der Waals surface area contributed by atoms with Crippen molar-refractivity contribution in [1.82, 2.24) is 5.32 Å². The van der Waals surface area contributed by atoms with E-state index in [-0.39, 0.29) is 16.2 Å². The first-order chi connectivity index (χ1) is 9.75. The Morgan fingerprint density at radius 2 is 2.05 bits per heavy atom. The van der Waals surface area contributed by atoms with Crippen molar-refractivity contribution in [3.63, 3.8) is 0 Å². The number of hydrogen-bond acceptors (Lipinski definition) is 2. The summed E-state index contributed by atoms with van der Waals surface area (Å²) in [4.78, 5) is 11.2. The van der Waals surface area contributed by atoms with Crippen LogP contribution < -0.4 is 16.4 Å². The SMILES string of the molecule is CCCCNC(=O)Nc1ccc(C(N)=S)c(C(F)(F)F)c1. The number of hydrogen-bond donors (Lipinski definition) is 3. The zero-order valence-electron chi connectivity index (χ0n) is 11.4. The predicted molar refractivity (Wildman–Crippen MR) is 79.3 cm³/mol. The minimum atomic E-state index is -4.60. The third-order valence-electron chi connectivity index (χ3n) is 2.66. The number of thiocarbonyl (C=S) groups is 1. The molecule has 1 rings (SSSR count). The summed E-state index contributed by atoms with van der Waals surface area (Å²) in [7, 11) is 0. The number of rotatable bonds is 5. The second kappa shape index (κ2) is 7.26. The van der Waals surface area contributed by atoms with Gasteiger partial charge in [0.2, 0.25) is 0 Å². The Morgan fingerprint density at radius 3 is 2.57 bits per heavy atom. The molecule has 0 spiro atoms. The van der Waals surface area contributed by atoms with Gasteiger partial charge in [-0.25, -0.2) is 4.79 Å². The molecule has 0 radical (unpaired) electrons. The summed E-state index contributed by atoms with van der Waals surface area (Å²) in [5, 5.41) is 4.89. The number of nitrogens with one attached hydrogen (secondary N) is 2. The molecule has 0 atom stereocenters. The second-order valence-corrected chi connectivity index (χ2v) is 4.80. The Hall–Kier alpha value is -1.83. The highest BCUT2D eigenvalue weighted by molar-refractivity contribution is 7.80. The Morgan fingerprint density at radius 1 is 1.38 bits per heavy atom. The van der Waals surface area contributed by atoms with Crippen molar-refractivity contribution >= 4 is 28.9 Å². The van der Waals surface area contributed by atoms with Gasteiger partial charge in [0.15, 0.2) is 0 Å². The van der Waals surface area contributed by atoms with Crippen LogP contribution in [0.15, 0.2) is 18.2 Å². The van der Waals surface area contributed by atoms with Gasteiger partial charge in [-0.05, 0) is 24.6 Å². The van der Waals surface area contributed by atoms with Crippen LogP contribution >= 0.6 is 12.2 Å². The zero-order valence-corrected chi connectivity index (χ0v) is 12.2. The molecule has 0 heterocycles. The van der Waals surface area contributed by atoms with E-state index in [1.165, 1.54) is 6.07 Å². The van der Waals surface area contributed by atoms with E-state index in [0.29, 0.717) is 6.54 Å². The molecule has 0 saturated carbocycles. The topological polar surface area (TPSA) is 67.2 Å². The van der Waals surface area contributed by atoms with E-state index in [0.717, 1.165) is 25.0 Å². The molecule has 0 saturated heterocycles. The molecule has 4 N–H and O–H groups in total. The van der Waals surface area contributed by atoms with E-state index in [1.807, 2.05) is 6.92 Å². The van der Waals surface area contributed by atoms with Crippen LogP contribution in [0.4, 0.5) is 23.7 Å². The van der Waals surface area contributed by atoms with E-state index in [9.17, 15) is 18.0 Å². The maximum absolute atomic E-state index is 12.9. The van der Waals surface area contributed by atoms with Crippen molar-refractivity contribution in [3.05, 3.63) is 29.3 Å². The van der Waals surface area contributed by atoms with E-state index >= 15 is 0 Å². The van der Waals surface area contributed by atoms with Crippen LogP contribution in [0.25, 0.3) is 0 Å². The predicted octanol–water partition coefficient (Wildman–Crippen LogP) is 3.26. The lowest BCUT2D eigenvalue weighted by atomic mass is 10.1. The number of carbonyl (C=O) groups excluding carboxylic acids is 1. The number of halogens is 3. The molecule has 8 heteroatoms. The Balaban J connectivity index is 2.91. The highest BCUT2D eigenvalue weighted by Gasteiger charge is 2.34. The lowest BCUT2D eigenvalue weighted by Crippen LogP contribution is -2.29. The van der Waals surface area contributed by atoms with Crippen LogP contribution in [-0.4, -0.2) is 17.6 Å². The molecule has 0 aliphatic carbocycles. The van der Waals surface area contributed by atoms with Gasteiger partial charge in [0, 0.05) is 17.8 Å². The van der Waals surface area contributed by atoms with Crippen LogP contribution in [0, 0.1) is 0 Å². The van der Waals surface area contributed by atoms with Gasteiger partial charge in [-0.2, -0.15) is 13.2 Å². The second-order valence-electron chi connectivity index (χ2n) is 4.36. The first-order valence-electron chi connectivity index (χ1n) is 6.31. The van der Waals surface area contributed by atoms with Gasteiger partial charge in [0.05, 0.1) is 5.56 Å². The normalized spacial score (nSPS) is 11.0. The van der Waals surface area contributed by atoms with Crippen molar-refractivity contribution in [1.29, 1.82) is 0 Å². The Labute approximate surface area is 125 Å². The molecule has 1 aromatic rings. The van der Waals surface area contributed by atoms with E-state index in [2.05, 4.69) is 22.9 Å². The Bertz CT molecular complexity index is 532. The highest BCUT2D eigenvalue weighted by Crippen LogP contribution is 2.33. The average Bonchev–Trinajstić information content (AvgIpc) is 2.37. The van der Waals surface area contributed by atoms with Gasteiger partial charge in [-0.3, -0.25) is 0 Å². The molecular weight excluding hydrogens is 303 g/mol. The number of carbonyl (C=O) groups is 1. The standard InChI is InChI=1S/C13H16F3N3OS/c1-2-3-6-18-12(20)19-8-4-5-9(11(17)21)10(7-8)13(14,15)16/h4-5,7H,2-3,6H2,1H3,(H2,17,21)(H2,18,19,20). The fourth-order valence-electron chi connectivity index (χ4n) is 1.63. The van der Waals surface area contributed by atoms with Gasteiger partial charge < -0.3 is 16.4 Å². The van der Waals surface area contributed by atoms with Crippen molar-refractivity contribution < 1.29 is 18.0 Å². The van der Waals surface area contributed by atoms with Crippen LogP contribution in [-0.2, 0) is 6.18 Å². The van der Waals surface area contributed by atoms with E-state index in [1.54, 1.807) is 0 Å². The van der Waals surface area contributed by atoms with Crippen LogP contribution in [0.1, 0.15) is 30.9 Å². The number of nitrogens with two attached hydrogens (primary N) is 1. The quantitative estimate of drug-likeness (QED) is 0.576. The maximum Gasteiger partial charge on any atom is 0.417 e. The molecule has 0 unspecified atom stereocenters. The van der Waals surface area contributed by atoms with Crippen molar-refractivity contribution in [3.8, 4) is 0 Å². The third kappa shape index (κ3) is 5.22. The number of urea groups is 1. The van der Waals surface area contributed by atoms with Crippen LogP contribution in [0.5, 0.6) is 0 Å². The fourth-order valence-corrected chi connectivity index (χ4v) is 1.80. The number of unbranched alkanes of at least 4 members (excludes halogenated alkanes) is 1. The molecule has 0 fully saturated rings. The lowest BCUT2D eigenvalue weighted by molar-refractivity contribution is -0.137. The molecule has 21 heavy (non-hydrogen) atoms. The summed E-state index contributed by atoms with van der Waals surface area (Å²) in [5.41, 5.74) is 4.06. The zero-order chi connectivity index (χ0) is 16.0. The fraction of sp³-hybridized carbons (Fsp3) is 0.385. The van der Waals surface area contributed by atoms with Gasteiger partial charge in [0.25, 0.3) is 0 Å². The van der Waals surface area contributed by atoms with Gasteiger partial charge >= 0.3 is 12.2 Å². The molecule has 4 nitrogen and oxygen atoms in total. The minimum absolute atomic E-state index is 0.0244. The molecule has 0 aliphatic rings. The lowest BCUT2D eigenvalue weighted by Gasteiger charge is -2.14. The van der Waals surface area contributed by atoms with Gasteiger partial charge in [-0.15, -0.1) is 0 Å². The van der Waals surface area contributed by atoms with Gasteiger partial charge in [0.1, 0.15) is 4.99 Å². The molecule has 0 aromatic heterocycles.